The van der Waals surface area contributed by atoms with E-state index in [1.54, 1.807) is 37.3 Å². The standard InChI is InChI=1S/C17H20N2O5/c1-2-24-17(23)19-12-9-7-11(8-10-12)18-15(20)13-5-3-4-6-14(13)16(21)22/h3-4,7-10,13-14H,2,5-6H2,1H3,(H,18,20)(H,19,23)(H,21,22)/t13-,14+/m1/s1. The first kappa shape index (κ1) is 17.5. The zero-order valence-electron chi connectivity index (χ0n) is 13.3. The fourth-order valence-corrected chi connectivity index (χ4v) is 2.53. The first-order valence-electron chi connectivity index (χ1n) is 7.73. The molecule has 0 aromatic heterocycles. The Morgan fingerprint density at radius 1 is 1.04 bits per heavy atom. The molecule has 0 radical (unpaired) electrons. The second-order valence-corrected chi connectivity index (χ2v) is 5.41. The van der Waals surface area contributed by atoms with Crippen molar-refractivity contribution in [3.05, 3.63) is 36.4 Å². The van der Waals surface area contributed by atoms with Gasteiger partial charge in [0, 0.05) is 11.4 Å². The predicted molar refractivity (Wildman–Crippen MR) is 88.7 cm³/mol. The van der Waals surface area contributed by atoms with Crippen LogP contribution in [-0.2, 0) is 14.3 Å². The molecule has 0 fully saturated rings. The first-order valence-corrected chi connectivity index (χ1v) is 7.73. The van der Waals surface area contributed by atoms with E-state index in [0.717, 1.165) is 0 Å². The SMILES string of the molecule is CCOC(=O)Nc1ccc(NC(=O)[C@@H]2CC=CC[C@@H]2C(=O)O)cc1. The highest BCUT2D eigenvalue weighted by Gasteiger charge is 2.33. The van der Waals surface area contributed by atoms with Gasteiger partial charge in [-0.2, -0.15) is 0 Å². The molecule has 0 spiro atoms. The van der Waals surface area contributed by atoms with Gasteiger partial charge in [0.1, 0.15) is 0 Å². The number of aliphatic carboxylic acids is 1. The average Bonchev–Trinajstić information content (AvgIpc) is 2.56. The number of ether oxygens (including phenoxy) is 1. The Bertz CT molecular complexity index is 639. The zero-order valence-corrected chi connectivity index (χ0v) is 13.3. The second-order valence-electron chi connectivity index (χ2n) is 5.41. The van der Waals surface area contributed by atoms with Crippen LogP contribution in [0, 0.1) is 11.8 Å². The van der Waals surface area contributed by atoms with Crippen LogP contribution in [0.4, 0.5) is 16.2 Å². The number of hydrogen-bond acceptors (Lipinski definition) is 4. The monoisotopic (exact) mass is 332 g/mol. The summed E-state index contributed by atoms with van der Waals surface area (Å²) in [6, 6.07) is 6.52. The third-order valence-electron chi connectivity index (χ3n) is 3.76. The van der Waals surface area contributed by atoms with Crippen molar-refractivity contribution >= 4 is 29.3 Å². The molecule has 1 aliphatic carbocycles. The maximum atomic E-state index is 12.3. The summed E-state index contributed by atoms with van der Waals surface area (Å²) in [5, 5.41) is 14.5. The van der Waals surface area contributed by atoms with E-state index in [1.807, 2.05) is 6.08 Å². The largest absolute Gasteiger partial charge is 0.481 e. The highest BCUT2D eigenvalue weighted by molar-refractivity contribution is 5.95. The Morgan fingerprint density at radius 3 is 2.12 bits per heavy atom. The molecule has 7 nitrogen and oxygen atoms in total. The highest BCUT2D eigenvalue weighted by atomic mass is 16.5. The molecule has 0 saturated carbocycles. The summed E-state index contributed by atoms with van der Waals surface area (Å²) in [4.78, 5) is 34.9. The van der Waals surface area contributed by atoms with Gasteiger partial charge in [0.15, 0.2) is 0 Å². The number of rotatable bonds is 5. The van der Waals surface area contributed by atoms with Gasteiger partial charge in [0.25, 0.3) is 0 Å². The number of carboxylic acid groups (broad SMARTS) is 1. The van der Waals surface area contributed by atoms with Gasteiger partial charge < -0.3 is 15.2 Å². The molecular formula is C17H20N2O5. The van der Waals surface area contributed by atoms with Gasteiger partial charge in [-0.05, 0) is 44.0 Å². The molecule has 24 heavy (non-hydrogen) atoms. The first-order chi connectivity index (χ1) is 11.5. The lowest BCUT2D eigenvalue weighted by molar-refractivity contribution is -0.146. The van der Waals surface area contributed by atoms with E-state index in [1.165, 1.54) is 0 Å². The molecule has 2 atom stereocenters. The van der Waals surface area contributed by atoms with E-state index in [4.69, 9.17) is 4.74 Å². The van der Waals surface area contributed by atoms with Crippen LogP contribution in [0.2, 0.25) is 0 Å². The number of carbonyl (C=O) groups is 3. The van der Waals surface area contributed by atoms with Gasteiger partial charge in [-0.1, -0.05) is 12.2 Å². The summed E-state index contributed by atoms with van der Waals surface area (Å²) in [6.45, 7) is 1.99. The van der Waals surface area contributed by atoms with Crippen LogP contribution in [0.5, 0.6) is 0 Å². The van der Waals surface area contributed by atoms with Gasteiger partial charge in [0.05, 0.1) is 18.4 Å². The van der Waals surface area contributed by atoms with E-state index in [9.17, 15) is 19.5 Å². The molecule has 0 aliphatic heterocycles. The van der Waals surface area contributed by atoms with Crippen LogP contribution < -0.4 is 10.6 Å². The minimum Gasteiger partial charge on any atom is -0.481 e. The lowest BCUT2D eigenvalue weighted by Crippen LogP contribution is -2.34. The molecule has 0 saturated heterocycles. The second kappa shape index (κ2) is 8.14. The van der Waals surface area contributed by atoms with Gasteiger partial charge in [-0.15, -0.1) is 0 Å². The molecule has 1 aliphatic rings. The Labute approximate surface area is 139 Å². The molecule has 128 valence electrons. The maximum absolute atomic E-state index is 12.3. The van der Waals surface area contributed by atoms with Crippen molar-refractivity contribution in [3.8, 4) is 0 Å². The van der Waals surface area contributed by atoms with Gasteiger partial charge >= 0.3 is 12.1 Å². The quantitative estimate of drug-likeness (QED) is 0.719. The van der Waals surface area contributed by atoms with Crippen LogP contribution >= 0.6 is 0 Å². The fraction of sp³-hybridized carbons (Fsp3) is 0.353. The molecule has 7 heteroatoms. The summed E-state index contributed by atoms with van der Waals surface area (Å²) in [5.74, 6) is -2.59. The smallest absolute Gasteiger partial charge is 0.411 e. The lowest BCUT2D eigenvalue weighted by Gasteiger charge is -2.24. The number of nitrogens with one attached hydrogen (secondary N) is 2. The molecule has 2 rings (SSSR count). The normalized spacial score (nSPS) is 19.4. The number of allylic oxidation sites excluding steroid dienone is 2. The topological polar surface area (TPSA) is 105 Å². The van der Waals surface area contributed by atoms with E-state index in [2.05, 4.69) is 10.6 Å². The summed E-state index contributed by atoms with van der Waals surface area (Å²) in [6.07, 6.45) is 3.84. The Kier molecular flexibility index (Phi) is 5.95. The highest BCUT2D eigenvalue weighted by Crippen LogP contribution is 2.27. The minimum atomic E-state index is -0.964. The van der Waals surface area contributed by atoms with Crippen molar-refractivity contribution in [2.75, 3.05) is 17.2 Å². The minimum absolute atomic E-state index is 0.278. The molecule has 0 bridgehead atoms. The fourth-order valence-electron chi connectivity index (χ4n) is 2.53. The van der Waals surface area contributed by atoms with Crippen molar-refractivity contribution in [2.45, 2.75) is 19.8 Å². The summed E-state index contributed by atoms with van der Waals surface area (Å²) >= 11 is 0. The number of carbonyl (C=O) groups excluding carboxylic acids is 2. The van der Waals surface area contributed by atoms with Crippen molar-refractivity contribution in [1.29, 1.82) is 0 Å². The summed E-state index contributed by atoms with van der Waals surface area (Å²) in [7, 11) is 0. The van der Waals surface area contributed by atoms with Gasteiger partial charge in [0.2, 0.25) is 5.91 Å². The van der Waals surface area contributed by atoms with Gasteiger partial charge in [-0.25, -0.2) is 4.79 Å². The molecule has 1 aromatic rings. The molecule has 0 unspecified atom stereocenters. The van der Waals surface area contributed by atoms with Crippen LogP contribution in [0.1, 0.15) is 19.8 Å². The average molecular weight is 332 g/mol. The predicted octanol–water partition coefficient (Wildman–Crippen LogP) is 2.86. The number of hydrogen-bond donors (Lipinski definition) is 3. The van der Waals surface area contributed by atoms with Gasteiger partial charge in [-0.3, -0.25) is 14.9 Å². The number of anilines is 2. The lowest BCUT2D eigenvalue weighted by atomic mass is 9.82. The Morgan fingerprint density at radius 2 is 1.58 bits per heavy atom. The third-order valence-corrected chi connectivity index (χ3v) is 3.76. The number of amides is 2. The number of benzene rings is 1. The third kappa shape index (κ3) is 4.58. The zero-order chi connectivity index (χ0) is 17.5. The van der Waals surface area contributed by atoms with E-state index in [0.29, 0.717) is 24.2 Å². The van der Waals surface area contributed by atoms with Crippen LogP contribution in [0.15, 0.2) is 36.4 Å². The summed E-state index contributed by atoms with van der Waals surface area (Å²) < 4.78 is 4.77. The van der Waals surface area contributed by atoms with Crippen LogP contribution in [0.25, 0.3) is 0 Å². The Balaban J connectivity index is 1.97. The Hall–Kier alpha value is -2.83. The van der Waals surface area contributed by atoms with Crippen molar-refractivity contribution in [3.63, 3.8) is 0 Å². The van der Waals surface area contributed by atoms with Crippen molar-refractivity contribution < 1.29 is 24.2 Å². The molecular weight excluding hydrogens is 312 g/mol. The number of carboxylic acids is 1. The van der Waals surface area contributed by atoms with E-state index >= 15 is 0 Å². The van der Waals surface area contributed by atoms with E-state index < -0.39 is 23.9 Å². The van der Waals surface area contributed by atoms with Crippen LogP contribution in [-0.4, -0.2) is 29.7 Å². The van der Waals surface area contributed by atoms with Crippen molar-refractivity contribution in [2.24, 2.45) is 11.8 Å². The molecule has 1 aromatic carbocycles. The molecule has 0 heterocycles. The maximum Gasteiger partial charge on any atom is 0.411 e. The van der Waals surface area contributed by atoms with E-state index in [-0.39, 0.29) is 12.5 Å². The summed E-state index contributed by atoms with van der Waals surface area (Å²) in [5.41, 5.74) is 1.07. The van der Waals surface area contributed by atoms with Crippen molar-refractivity contribution in [1.82, 2.24) is 0 Å². The molecule has 3 N–H and O–H groups in total. The van der Waals surface area contributed by atoms with Crippen LogP contribution in [0.3, 0.4) is 0 Å². The molecule has 2 amide bonds.